The third-order valence-corrected chi connectivity index (χ3v) is 5.93. The lowest BCUT2D eigenvalue weighted by Crippen LogP contribution is -2.25. The van der Waals surface area contributed by atoms with Crippen LogP contribution >= 0.6 is 34.7 Å². The molecule has 4 nitrogen and oxygen atoms in total. The zero-order chi connectivity index (χ0) is 19.7. The van der Waals surface area contributed by atoms with Crippen molar-refractivity contribution >= 4 is 40.4 Å². The van der Waals surface area contributed by atoms with Gasteiger partial charge in [-0.3, -0.25) is 10.1 Å². The Morgan fingerprint density at radius 1 is 0.857 bits per heavy atom. The van der Waals surface area contributed by atoms with Gasteiger partial charge >= 0.3 is 0 Å². The highest BCUT2D eigenvalue weighted by Gasteiger charge is 2.27. The predicted molar refractivity (Wildman–Crippen MR) is 113 cm³/mol. The van der Waals surface area contributed by atoms with E-state index >= 15 is 0 Å². The van der Waals surface area contributed by atoms with Gasteiger partial charge in [-0.1, -0.05) is 87.8 Å². The summed E-state index contributed by atoms with van der Waals surface area (Å²) in [5.74, 6) is 0. The molecule has 0 aliphatic rings. The second kappa shape index (κ2) is 7.72. The van der Waals surface area contributed by atoms with E-state index < -0.39 is 4.92 Å². The summed E-state index contributed by atoms with van der Waals surface area (Å²) in [4.78, 5) is 11.6. The predicted octanol–water partition coefficient (Wildman–Crippen LogP) is 6.57. The van der Waals surface area contributed by atoms with Gasteiger partial charge in [-0.15, -0.1) is 0 Å². The zero-order valence-electron chi connectivity index (χ0n) is 14.4. The molecule has 0 bridgehead atoms. The molecule has 0 fully saturated rings. The lowest BCUT2D eigenvalue weighted by Gasteiger charge is -1.99. The number of rotatable bonds is 4. The van der Waals surface area contributed by atoms with Crippen molar-refractivity contribution in [3.8, 4) is 27.3 Å². The van der Waals surface area contributed by atoms with Crippen molar-refractivity contribution < 1.29 is 8.88 Å². The molecule has 0 N–H and O–H groups in total. The topological polar surface area (TPSA) is 47.0 Å². The molecule has 0 saturated heterocycles. The zero-order valence-corrected chi connectivity index (χ0v) is 16.7. The van der Waals surface area contributed by atoms with E-state index in [2.05, 4.69) is 0 Å². The van der Waals surface area contributed by atoms with E-state index in [0.29, 0.717) is 5.69 Å². The number of non-ortho nitro benzene ring substituents is 1. The first-order valence-electron chi connectivity index (χ1n) is 8.35. The van der Waals surface area contributed by atoms with Crippen molar-refractivity contribution in [1.29, 1.82) is 0 Å². The highest BCUT2D eigenvalue weighted by Crippen LogP contribution is 2.37. The van der Waals surface area contributed by atoms with Crippen LogP contribution in [-0.2, 0) is 0 Å². The Kier molecular flexibility index (Phi) is 5.13. The van der Waals surface area contributed by atoms with E-state index in [9.17, 15) is 10.1 Å². The summed E-state index contributed by atoms with van der Waals surface area (Å²) in [7, 11) is 0. The van der Waals surface area contributed by atoms with Gasteiger partial charge in [-0.25, -0.2) is 0 Å². The molecule has 7 heteroatoms. The molecule has 0 unspecified atom stereocenters. The largest absolute Gasteiger partial charge is 0.272 e. The molecule has 138 valence electrons. The highest BCUT2D eigenvalue weighted by molar-refractivity contribution is 7.06. The van der Waals surface area contributed by atoms with E-state index in [4.69, 9.17) is 23.2 Å². The van der Waals surface area contributed by atoms with Gasteiger partial charge in [0.25, 0.3) is 11.4 Å². The Morgan fingerprint density at radius 2 is 1.39 bits per heavy atom. The number of halogens is 2. The molecule has 0 spiro atoms. The van der Waals surface area contributed by atoms with Gasteiger partial charge in [0, 0.05) is 12.1 Å². The van der Waals surface area contributed by atoms with Crippen LogP contribution < -0.4 is 3.96 Å². The van der Waals surface area contributed by atoms with Gasteiger partial charge in [-0.2, -0.15) is 0 Å². The summed E-state index contributed by atoms with van der Waals surface area (Å²) in [6.45, 7) is 0. The van der Waals surface area contributed by atoms with Gasteiger partial charge < -0.3 is 0 Å². The first-order valence-corrected chi connectivity index (χ1v) is 9.88. The van der Waals surface area contributed by atoms with E-state index in [-0.39, 0.29) is 15.7 Å². The van der Waals surface area contributed by atoms with Crippen LogP contribution in [0.2, 0.25) is 10.0 Å². The Labute approximate surface area is 175 Å². The minimum atomic E-state index is -0.509. The second-order valence-corrected chi connectivity index (χ2v) is 7.83. The van der Waals surface area contributed by atoms with Crippen LogP contribution in [0.15, 0.2) is 79.0 Å². The fourth-order valence-electron chi connectivity index (χ4n) is 2.95. The van der Waals surface area contributed by atoms with Crippen LogP contribution in [0.25, 0.3) is 27.3 Å². The van der Waals surface area contributed by atoms with Crippen molar-refractivity contribution in [2.24, 2.45) is 0 Å². The summed E-state index contributed by atoms with van der Waals surface area (Å²) in [6.07, 6.45) is 1.96. The molecule has 0 radical (unpaired) electrons. The summed E-state index contributed by atoms with van der Waals surface area (Å²) in [5, 5.41) is 11.5. The smallest absolute Gasteiger partial charge is 0.258 e. The SMILES string of the molecule is O=[N+]([O-])c1cc(Cl)c(-[n+]2cc(-c3ccccc3)c(-c3ccccc3)s2)c(Cl)c1. The van der Waals surface area contributed by atoms with Crippen molar-refractivity contribution in [2.75, 3.05) is 0 Å². The van der Waals surface area contributed by atoms with Crippen LogP contribution in [0, 0.1) is 10.1 Å². The van der Waals surface area contributed by atoms with Crippen molar-refractivity contribution in [3.63, 3.8) is 0 Å². The molecule has 1 heterocycles. The molecule has 3 aromatic carbocycles. The number of hydrogen-bond donors (Lipinski definition) is 0. The van der Waals surface area contributed by atoms with Crippen molar-refractivity contribution in [2.45, 2.75) is 0 Å². The number of aromatic nitrogens is 1. The van der Waals surface area contributed by atoms with Gasteiger partial charge in [0.05, 0.1) is 10.5 Å². The maximum absolute atomic E-state index is 11.1. The standard InChI is InChI=1S/C21H13Cl2N2O2S/c22-18-11-16(25(26)27)12-19(23)20(18)24-13-17(14-7-3-1-4-8-14)21(28-24)15-9-5-2-6-10-15/h1-13H/q+1. The molecule has 4 aromatic rings. The van der Waals surface area contributed by atoms with E-state index in [1.807, 2.05) is 70.8 Å². The minimum absolute atomic E-state index is 0.137. The summed E-state index contributed by atoms with van der Waals surface area (Å²) in [6, 6.07) is 22.7. The lowest BCUT2D eigenvalue weighted by molar-refractivity contribution is -0.519. The van der Waals surface area contributed by atoms with Crippen LogP contribution in [-0.4, -0.2) is 4.92 Å². The molecular formula is C21H13Cl2N2O2S+. The quantitative estimate of drug-likeness (QED) is 0.210. The molecule has 0 amide bonds. The summed E-state index contributed by atoms with van der Waals surface area (Å²) in [5.41, 5.74) is 3.55. The molecule has 4 rings (SSSR count). The van der Waals surface area contributed by atoms with Gasteiger partial charge in [-0.05, 0) is 11.1 Å². The van der Waals surface area contributed by atoms with Crippen molar-refractivity contribution in [1.82, 2.24) is 0 Å². The number of nitro groups is 1. The molecule has 28 heavy (non-hydrogen) atoms. The molecular weight excluding hydrogens is 415 g/mol. The summed E-state index contributed by atoms with van der Waals surface area (Å²) >= 11 is 14.2. The Bertz CT molecular complexity index is 1080. The van der Waals surface area contributed by atoms with Crippen LogP contribution in [0.4, 0.5) is 5.69 Å². The highest BCUT2D eigenvalue weighted by atomic mass is 35.5. The molecule has 0 saturated carbocycles. The van der Waals surface area contributed by atoms with E-state index in [0.717, 1.165) is 21.6 Å². The average molecular weight is 428 g/mol. The normalized spacial score (nSPS) is 10.8. The fourth-order valence-corrected chi connectivity index (χ4v) is 4.86. The molecule has 1 aromatic heterocycles. The van der Waals surface area contributed by atoms with Gasteiger partial charge in [0.15, 0.2) is 6.20 Å². The summed E-state index contributed by atoms with van der Waals surface area (Å²) < 4.78 is 1.86. The number of benzene rings is 3. The van der Waals surface area contributed by atoms with Gasteiger partial charge in [0.2, 0.25) is 0 Å². The molecule has 0 atom stereocenters. The number of nitrogens with zero attached hydrogens (tertiary/aromatic N) is 2. The Morgan fingerprint density at radius 3 is 1.93 bits per heavy atom. The fraction of sp³-hybridized carbons (Fsp3) is 0. The second-order valence-electron chi connectivity index (χ2n) is 6.04. The number of nitro benzene ring substituents is 1. The minimum Gasteiger partial charge on any atom is -0.258 e. The van der Waals surface area contributed by atoms with Crippen molar-refractivity contribution in [3.05, 3.63) is 99.2 Å². The third kappa shape index (κ3) is 3.52. The van der Waals surface area contributed by atoms with Crippen LogP contribution in [0.5, 0.6) is 0 Å². The van der Waals surface area contributed by atoms with Crippen LogP contribution in [0.3, 0.4) is 0 Å². The first kappa shape index (κ1) is 18.6. The average Bonchev–Trinajstić information content (AvgIpc) is 3.13. The molecule has 0 aliphatic heterocycles. The van der Waals surface area contributed by atoms with E-state index in [1.54, 1.807) is 0 Å². The van der Waals surface area contributed by atoms with Crippen LogP contribution in [0.1, 0.15) is 0 Å². The lowest BCUT2D eigenvalue weighted by atomic mass is 10.0. The third-order valence-electron chi connectivity index (χ3n) is 4.23. The van der Waals surface area contributed by atoms with Gasteiger partial charge in [0.1, 0.15) is 26.5 Å². The van der Waals surface area contributed by atoms with E-state index in [1.165, 1.54) is 23.7 Å². The maximum Gasteiger partial charge on any atom is 0.272 e. The first-order chi connectivity index (χ1) is 13.5. The molecule has 0 aliphatic carbocycles. The number of hydrogen-bond acceptors (Lipinski definition) is 3. The Hall–Kier alpha value is -2.73. The monoisotopic (exact) mass is 427 g/mol. The Balaban J connectivity index is 1.93. The maximum atomic E-state index is 11.1.